The molecule has 2 aromatic carbocycles. The Kier molecular flexibility index (Phi) is 6.24. The van der Waals surface area contributed by atoms with Crippen molar-refractivity contribution >= 4 is 34.7 Å². The highest BCUT2D eigenvalue weighted by molar-refractivity contribution is 6.06. The van der Waals surface area contributed by atoms with E-state index in [1.165, 1.54) is 6.92 Å². The maximum Gasteiger partial charge on any atom is 0.259 e. The number of hydrogen-bond donors (Lipinski definition) is 2. The summed E-state index contributed by atoms with van der Waals surface area (Å²) in [6.45, 7) is 5.99. The smallest absolute Gasteiger partial charge is 0.259 e. The van der Waals surface area contributed by atoms with Crippen LogP contribution in [-0.4, -0.2) is 23.3 Å². The molecule has 1 heterocycles. The summed E-state index contributed by atoms with van der Waals surface area (Å²) < 4.78 is 0. The van der Waals surface area contributed by atoms with Crippen LogP contribution in [0.1, 0.15) is 29.8 Å². The first kappa shape index (κ1) is 20.1. The van der Waals surface area contributed by atoms with E-state index >= 15 is 0 Å². The Balaban J connectivity index is 1.74. The van der Waals surface area contributed by atoms with Gasteiger partial charge in [-0.25, -0.2) is 4.98 Å². The molecular weight excluding hydrogens is 364 g/mol. The second kappa shape index (κ2) is 9.01. The average Bonchev–Trinajstić information content (AvgIpc) is 2.69. The van der Waals surface area contributed by atoms with Gasteiger partial charge in [0.05, 0.1) is 5.56 Å². The van der Waals surface area contributed by atoms with Gasteiger partial charge in [0, 0.05) is 36.7 Å². The van der Waals surface area contributed by atoms with Crippen LogP contribution in [0.3, 0.4) is 0 Å². The number of rotatable bonds is 6. The average molecular weight is 388 g/mol. The molecule has 0 aliphatic rings. The number of hydrogen-bond acceptors (Lipinski definition) is 4. The number of anilines is 4. The van der Waals surface area contributed by atoms with Crippen molar-refractivity contribution in [1.29, 1.82) is 0 Å². The van der Waals surface area contributed by atoms with Crippen molar-refractivity contribution in [1.82, 2.24) is 4.98 Å². The Hall–Kier alpha value is -3.67. The fraction of sp³-hybridized carbons (Fsp3) is 0.174. The molecule has 6 heteroatoms. The van der Waals surface area contributed by atoms with E-state index < -0.39 is 0 Å². The Morgan fingerprint density at radius 2 is 1.76 bits per heavy atom. The van der Waals surface area contributed by atoms with E-state index in [-0.39, 0.29) is 11.8 Å². The highest BCUT2D eigenvalue weighted by Gasteiger charge is 2.16. The molecule has 0 fully saturated rings. The molecule has 0 spiro atoms. The number of aromatic nitrogens is 1. The molecule has 0 saturated carbocycles. The fourth-order valence-corrected chi connectivity index (χ4v) is 3.02. The molecule has 148 valence electrons. The summed E-state index contributed by atoms with van der Waals surface area (Å²) in [6.07, 6.45) is 1.57. The first-order valence-electron chi connectivity index (χ1n) is 9.45. The molecule has 1 aromatic heterocycles. The molecule has 29 heavy (non-hydrogen) atoms. The molecule has 0 saturated heterocycles. The first-order chi connectivity index (χ1) is 14.0. The van der Waals surface area contributed by atoms with Crippen molar-refractivity contribution in [2.24, 2.45) is 0 Å². The topological polar surface area (TPSA) is 74.3 Å². The number of carbonyl (C=O) groups excluding carboxylic acids is 2. The molecule has 0 unspecified atom stereocenters. The Bertz CT molecular complexity index is 1020. The summed E-state index contributed by atoms with van der Waals surface area (Å²) >= 11 is 0. The third kappa shape index (κ3) is 5.19. The molecular formula is C23H24N4O2. The maximum absolute atomic E-state index is 12.9. The molecule has 3 rings (SSSR count). The predicted octanol–water partition coefficient (Wildman–Crippen LogP) is 4.76. The van der Waals surface area contributed by atoms with Crippen LogP contribution >= 0.6 is 0 Å². The minimum absolute atomic E-state index is 0.0928. The number of pyridine rings is 1. The number of carbonyl (C=O) groups is 2. The summed E-state index contributed by atoms with van der Waals surface area (Å²) in [7, 11) is 0. The SMILES string of the molecule is CCN(C(=O)c1ccc(Nc2cccc(NC(C)=O)c2)nc1)c1cccc(C)c1. The van der Waals surface area contributed by atoms with Gasteiger partial charge in [0.1, 0.15) is 5.82 Å². The molecule has 0 aliphatic carbocycles. The third-order valence-electron chi connectivity index (χ3n) is 4.34. The zero-order valence-electron chi connectivity index (χ0n) is 16.8. The summed E-state index contributed by atoms with van der Waals surface area (Å²) in [5.41, 5.74) is 3.98. The summed E-state index contributed by atoms with van der Waals surface area (Å²) in [5.74, 6) is 0.391. The van der Waals surface area contributed by atoms with Crippen LogP contribution in [0.2, 0.25) is 0 Å². The van der Waals surface area contributed by atoms with E-state index in [0.29, 0.717) is 23.6 Å². The van der Waals surface area contributed by atoms with Crippen molar-refractivity contribution in [3.8, 4) is 0 Å². The van der Waals surface area contributed by atoms with E-state index in [9.17, 15) is 9.59 Å². The van der Waals surface area contributed by atoms with Crippen molar-refractivity contribution in [2.75, 3.05) is 22.1 Å². The quantitative estimate of drug-likeness (QED) is 0.638. The van der Waals surface area contributed by atoms with Crippen LogP contribution in [0.25, 0.3) is 0 Å². The minimum atomic E-state index is -0.128. The zero-order chi connectivity index (χ0) is 20.8. The maximum atomic E-state index is 12.9. The fourth-order valence-electron chi connectivity index (χ4n) is 3.02. The van der Waals surface area contributed by atoms with Gasteiger partial charge in [-0.15, -0.1) is 0 Å². The molecule has 6 nitrogen and oxygen atoms in total. The lowest BCUT2D eigenvalue weighted by molar-refractivity contribution is -0.114. The predicted molar refractivity (Wildman–Crippen MR) is 117 cm³/mol. The van der Waals surface area contributed by atoms with Gasteiger partial charge >= 0.3 is 0 Å². The van der Waals surface area contributed by atoms with E-state index in [1.54, 1.807) is 23.2 Å². The number of amides is 2. The number of nitrogens with zero attached hydrogens (tertiary/aromatic N) is 2. The van der Waals surface area contributed by atoms with Gasteiger partial charge in [0.25, 0.3) is 5.91 Å². The monoisotopic (exact) mass is 388 g/mol. The van der Waals surface area contributed by atoms with E-state index in [4.69, 9.17) is 0 Å². The molecule has 2 amide bonds. The van der Waals surface area contributed by atoms with Crippen LogP contribution in [0, 0.1) is 6.92 Å². The standard InChI is InChI=1S/C23H24N4O2/c1-4-27(21-10-5-7-16(2)13-21)23(29)18-11-12-22(24-15-18)26-20-9-6-8-19(14-20)25-17(3)28/h5-15H,4H2,1-3H3,(H,24,26)(H,25,28). The summed E-state index contributed by atoms with van der Waals surface area (Å²) in [4.78, 5) is 30.2. The van der Waals surface area contributed by atoms with E-state index in [1.807, 2.05) is 62.4 Å². The van der Waals surface area contributed by atoms with E-state index in [2.05, 4.69) is 15.6 Å². The lowest BCUT2D eigenvalue weighted by atomic mass is 10.1. The molecule has 2 N–H and O–H groups in total. The lowest BCUT2D eigenvalue weighted by Gasteiger charge is -2.21. The van der Waals surface area contributed by atoms with Gasteiger partial charge in [0.15, 0.2) is 0 Å². The molecule has 0 aliphatic heterocycles. The highest BCUT2D eigenvalue weighted by atomic mass is 16.2. The van der Waals surface area contributed by atoms with Crippen LogP contribution < -0.4 is 15.5 Å². The lowest BCUT2D eigenvalue weighted by Crippen LogP contribution is -2.30. The van der Waals surface area contributed by atoms with Crippen LogP contribution in [0.5, 0.6) is 0 Å². The van der Waals surface area contributed by atoms with Gasteiger partial charge in [-0.2, -0.15) is 0 Å². The van der Waals surface area contributed by atoms with Gasteiger partial charge in [-0.3, -0.25) is 9.59 Å². The number of nitrogens with one attached hydrogen (secondary N) is 2. The normalized spacial score (nSPS) is 10.3. The number of benzene rings is 2. The van der Waals surface area contributed by atoms with Crippen molar-refractivity contribution < 1.29 is 9.59 Å². The molecule has 3 aromatic rings. The molecule has 0 radical (unpaired) electrons. The highest BCUT2D eigenvalue weighted by Crippen LogP contribution is 2.21. The van der Waals surface area contributed by atoms with Crippen molar-refractivity contribution in [3.63, 3.8) is 0 Å². The van der Waals surface area contributed by atoms with Gasteiger partial charge in [0.2, 0.25) is 5.91 Å². The van der Waals surface area contributed by atoms with Crippen LogP contribution in [0.15, 0.2) is 66.9 Å². The zero-order valence-corrected chi connectivity index (χ0v) is 16.8. The Morgan fingerprint density at radius 3 is 2.41 bits per heavy atom. The van der Waals surface area contributed by atoms with E-state index in [0.717, 1.165) is 16.9 Å². The van der Waals surface area contributed by atoms with Gasteiger partial charge < -0.3 is 15.5 Å². The Labute approximate surface area is 170 Å². The van der Waals surface area contributed by atoms with Crippen LogP contribution in [-0.2, 0) is 4.79 Å². The largest absolute Gasteiger partial charge is 0.340 e. The van der Waals surface area contributed by atoms with Crippen LogP contribution in [0.4, 0.5) is 22.9 Å². The number of aryl methyl sites for hydroxylation is 1. The second-order valence-corrected chi connectivity index (χ2v) is 6.71. The van der Waals surface area contributed by atoms with Crippen molar-refractivity contribution in [3.05, 3.63) is 78.0 Å². The molecule has 0 bridgehead atoms. The second-order valence-electron chi connectivity index (χ2n) is 6.71. The van der Waals surface area contributed by atoms with Gasteiger partial charge in [-0.05, 0) is 61.9 Å². The van der Waals surface area contributed by atoms with Crippen molar-refractivity contribution in [2.45, 2.75) is 20.8 Å². The molecule has 0 atom stereocenters. The minimum Gasteiger partial charge on any atom is -0.340 e. The Morgan fingerprint density at radius 1 is 1.00 bits per heavy atom. The first-order valence-corrected chi connectivity index (χ1v) is 9.45. The van der Waals surface area contributed by atoms with Gasteiger partial charge in [-0.1, -0.05) is 18.2 Å². The summed E-state index contributed by atoms with van der Waals surface area (Å²) in [6, 6.07) is 18.7. The third-order valence-corrected chi connectivity index (χ3v) is 4.34. The summed E-state index contributed by atoms with van der Waals surface area (Å²) in [5, 5.41) is 5.92.